The number of nitrogens with one attached hydrogen (secondary N) is 1. The number of thioether (sulfide) groups is 2. The number of hydrogen-bond acceptors (Lipinski definition) is 13. The first kappa shape index (κ1) is 59.4. The van der Waals surface area contributed by atoms with Crippen molar-refractivity contribution in [2.75, 3.05) is 18.1 Å². The fourth-order valence-electron chi connectivity index (χ4n) is 17.3. The molecule has 0 aromatic rings. The highest BCUT2D eigenvalue weighted by molar-refractivity contribution is 8.01. The zero-order chi connectivity index (χ0) is 54.9. The Balaban J connectivity index is 1.04. The highest BCUT2D eigenvalue weighted by atomic mass is 32.2. The van der Waals surface area contributed by atoms with Gasteiger partial charge in [0.25, 0.3) is 0 Å². The number of carbonyl (C=O) groups is 5. The van der Waals surface area contributed by atoms with Gasteiger partial charge in [-0.25, -0.2) is 0 Å². The van der Waals surface area contributed by atoms with Crippen LogP contribution in [0.5, 0.6) is 0 Å². The Labute approximate surface area is 452 Å². The molecular formula is C60H96N2O10S2. The molecule has 0 heterocycles. The number of amides is 1. The summed E-state index contributed by atoms with van der Waals surface area (Å²) < 4.78 is 12.5. The summed E-state index contributed by atoms with van der Waals surface area (Å²) in [5.41, 5.74) is 2.21. The summed E-state index contributed by atoms with van der Waals surface area (Å²) in [4.78, 5) is 72.0. The van der Waals surface area contributed by atoms with Gasteiger partial charge in [0.2, 0.25) is 5.91 Å². The topological polar surface area (TPSA) is 203 Å². The normalized spacial score (nSPS) is 46.1. The molecule has 12 nitrogen and oxygen atoms in total. The van der Waals surface area contributed by atoms with Gasteiger partial charge in [-0.3, -0.25) is 24.0 Å². The van der Waals surface area contributed by atoms with Gasteiger partial charge >= 0.3 is 11.9 Å². The fraction of sp³-hybridized carbons (Fsp3) is 0.850. The quantitative estimate of drug-likeness (QED) is 0.0724. The highest BCUT2D eigenvalue weighted by Crippen LogP contribution is 2.71. The van der Waals surface area contributed by atoms with Crippen LogP contribution in [-0.4, -0.2) is 109 Å². The van der Waals surface area contributed by atoms with E-state index in [2.05, 4.69) is 60.0 Å². The lowest BCUT2D eigenvalue weighted by Crippen LogP contribution is -2.63. The van der Waals surface area contributed by atoms with Gasteiger partial charge in [0.15, 0.2) is 0 Å². The third kappa shape index (κ3) is 10.1. The Morgan fingerprint density at radius 2 is 1.32 bits per heavy atom. The zero-order valence-electron chi connectivity index (χ0n) is 47.2. The fourth-order valence-corrected chi connectivity index (χ4v) is 19.1. The van der Waals surface area contributed by atoms with Crippen molar-refractivity contribution in [1.29, 1.82) is 0 Å². The van der Waals surface area contributed by atoms with E-state index in [1.165, 1.54) is 23.5 Å². The van der Waals surface area contributed by atoms with E-state index in [4.69, 9.17) is 15.2 Å². The molecule has 22 atom stereocenters. The number of ether oxygens (including phenoxy) is 2. The molecule has 0 radical (unpaired) electrons. The third-order valence-corrected chi connectivity index (χ3v) is 25.5. The molecule has 14 heteroatoms. The number of ketones is 2. The van der Waals surface area contributed by atoms with E-state index in [1.807, 2.05) is 47.6 Å². The monoisotopic (exact) mass is 1070 g/mol. The van der Waals surface area contributed by atoms with E-state index in [9.17, 15) is 34.5 Å². The van der Waals surface area contributed by atoms with Crippen molar-refractivity contribution < 1.29 is 48.8 Å². The number of nitrogens with two attached hydrogens (primary N) is 1. The van der Waals surface area contributed by atoms with E-state index >= 15 is 4.79 Å². The highest BCUT2D eigenvalue weighted by Gasteiger charge is 2.72. The largest absolute Gasteiger partial charge is 0.461 e. The van der Waals surface area contributed by atoms with Crippen molar-refractivity contribution in [2.45, 2.75) is 213 Å². The molecule has 0 aliphatic heterocycles. The number of rotatable bonds is 16. The minimum atomic E-state index is -0.863. The lowest BCUT2D eigenvalue weighted by molar-refractivity contribution is -0.205. The van der Waals surface area contributed by atoms with Gasteiger partial charge in [-0.15, -0.1) is 36.7 Å². The Hall–Kier alpha value is -2.23. The molecule has 4 bridgehead atoms. The summed E-state index contributed by atoms with van der Waals surface area (Å²) in [6.07, 6.45) is 8.39. The van der Waals surface area contributed by atoms with Gasteiger partial charge in [-0.05, 0) is 125 Å². The number of aliphatic hydroxyl groups is 3. The second-order valence-corrected chi connectivity index (χ2v) is 29.9. The van der Waals surface area contributed by atoms with E-state index < -0.39 is 92.0 Å². The maximum Gasteiger partial charge on any atom is 0.316 e. The molecule has 0 saturated heterocycles. The summed E-state index contributed by atoms with van der Waals surface area (Å²) >= 11 is 2.81. The molecule has 1 amide bonds. The van der Waals surface area contributed by atoms with Gasteiger partial charge in [0, 0.05) is 74.3 Å². The van der Waals surface area contributed by atoms with Crippen LogP contribution in [0.25, 0.3) is 0 Å². The molecule has 418 valence electrons. The van der Waals surface area contributed by atoms with Crippen molar-refractivity contribution >= 4 is 52.9 Å². The number of carbonyl (C=O) groups excluding carboxylic acids is 5. The Bertz CT molecular complexity index is 2160. The Morgan fingerprint density at radius 3 is 1.86 bits per heavy atom. The van der Waals surface area contributed by atoms with Crippen LogP contribution in [0.1, 0.15) is 167 Å². The van der Waals surface area contributed by atoms with Crippen LogP contribution in [0.4, 0.5) is 0 Å². The van der Waals surface area contributed by atoms with Gasteiger partial charge in [-0.1, -0.05) is 87.8 Å². The molecule has 0 aromatic carbocycles. The summed E-state index contributed by atoms with van der Waals surface area (Å²) in [5, 5.41) is 38.2. The molecule has 74 heavy (non-hydrogen) atoms. The van der Waals surface area contributed by atoms with Crippen molar-refractivity contribution in [1.82, 2.24) is 5.32 Å². The minimum Gasteiger partial charge on any atom is -0.461 e. The number of esters is 2. The maximum absolute atomic E-state index is 15.6. The number of aliphatic hydroxyl groups excluding tert-OH is 3. The maximum atomic E-state index is 15.6. The molecule has 7 saturated carbocycles. The second kappa shape index (κ2) is 21.8. The van der Waals surface area contributed by atoms with Crippen molar-refractivity contribution in [2.24, 2.45) is 91.5 Å². The van der Waals surface area contributed by atoms with Crippen LogP contribution in [0.2, 0.25) is 0 Å². The second-order valence-electron chi connectivity index (χ2n) is 27.0. The number of hydrogen-bond donors (Lipinski definition) is 5. The molecule has 7 rings (SSSR count). The molecule has 7 fully saturated rings. The SMILES string of the molecule is C=C[C@]1(C)C[C@@H](OC(=O)CSC(C)(C)CNC(=O)C(C)C(CC)C2C[C@]34CC[C@@H](C)[C@](C)([C@@H]3C2=O)[C@H](OC(=O)CSC2CCC(N)CC2O)C[C@@](C)(C=C)[C@@H](O)[C@@H]4C)[C@]2(C)C(C)CC[C@]3(CCC(=O)[C@H]32)[C@@H](C)[C@@H]1O. The first-order valence-corrected chi connectivity index (χ1v) is 30.6. The Kier molecular flexibility index (Phi) is 17.5. The average Bonchev–Trinajstić information content (AvgIpc) is 3.87. The van der Waals surface area contributed by atoms with Crippen molar-refractivity contribution in [3.05, 3.63) is 25.3 Å². The molecule has 0 spiro atoms. The Morgan fingerprint density at radius 1 is 0.797 bits per heavy atom. The van der Waals surface area contributed by atoms with Gasteiger partial charge in [-0.2, -0.15) is 0 Å². The smallest absolute Gasteiger partial charge is 0.316 e. The predicted octanol–water partition coefficient (Wildman–Crippen LogP) is 9.29. The van der Waals surface area contributed by atoms with Gasteiger partial charge < -0.3 is 35.8 Å². The standard InChI is InChI=1S/C60H96N2O10S2/c1-15-39(35(6)53(70)62-32-54(9,10)74-31-47(66)72-44-28-55(11,16-2)51(68)36(7)59-23-20-33(4)57(44,13)49(59)41(63)22-25-59)40-27-60-24-21-34(5)58(14,50(60)48(40)67)45(29-56(12,17-3)52(69)37(60)8)71-46(65)30-73-43-19-18-38(61)26-42(43)64/h16-17,33-40,42-45,49-52,64,68-69H,2-3,15,18-32,61H2,1,4-14H3,(H,62,70)/t33?,34-,35?,36+,37+,38?,39?,40?,42?,43?,44-,45-,49+,50+,51+,52+,55-,56-,57+,58+,59+,60+/m1/s1. The predicted molar refractivity (Wildman–Crippen MR) is 295 cm³/mol. The van der Waals surface area contributed by atoms with E-state index in [1.54, 1.807) is 6.08 Å². The summed E-state index contributed by atoms with van der Waals surface area (Å²) in [5.74, 6) is -2.92. The minimum absolute atomic E-state index is 0.0143. The first-order valence-electron chi connectivity index (χ1n) is 28.5. The lowest BCUT2D eigenvalue weighted by atomic mass is 9.44. The molecule has 7 aliphatic carbocycles. The van der Waals surface area contributed by atoms with Crippen molar-refractivity contribution in [3.8, 4) is 0 Å². The van der Waals surface area contributed by atoms with E-state index in [-0.39, 0.29) is 87.7 Å². The van der Waals surface area contributed by atoms with Crippen LogP contribution in [0.3, 0.4) is 0 Å². The van der Waals surface area contributed by atoms with E-state index in [0.717, 1.165) is 44.9 Å². The summed E-state index contributed by atoms with van der Waals surface area (Å²) in [6, 6.07) is -0.0522. The van der Waals surface area contributed by atoms with Gasteiger partial charge in [0.1, 0.15) is 23.8 Å². The lowest BCUT2D eigenvalue weighted by Gasteiger charge is -2.61. The van der Waals surface area contributed by atoms with Crippen LogP contribution in [0.15, 0.2) is 25.3 Å². The molecule has 6 N–H and O–H groups in total. The molecule has 7 aliphatic rings. The summed E-state index contributed by atoms with van der Waals surface area (Å²) in [7, 11) is 0. The van der Waals surface area contributed by atoms with E-state index in [0.29, 0.717) is 38.5 Å². The number of Topliss-reactive ketones (excluding diaryl/α,β-unsaturated/α-hetero) is 2. The molecular weight excluding hydrogens is 973 g/mol. The first-order chi connectivity index (χ1) is 34.5. The molecule has 0 aromatic heterocycles. The average molecular weight is 1070 g/mol. The molecule has 7 unspecified atom stereocenters. The van der Waals surface area contributed by atoms with Crippen LogP contribution in [0, 0.1) is 85.8 Å². The van der Waals surface area contributed by atoms with Gasteiger partial charge in [0.05, 0.1) is 29.8 Å². The zero-order valence-corrected chi connectivity index (χ0v) is 48.8. The van der Waals surface area contributed by atoms with Crippen LogP contribution >= 0.6 is 23.5 Å². The van der Waals surface area contributed by atoms with Crippen LogP contribution < -0.4 is 11.1 Å². The summed E-state index contributed by atoms with van der Waals surface area (Å²) in [6.45, 7) is 33.3. The van der Waals surface area contributed by atoms with Crippen LogP contribution in [-0.2, 0) is 33.4 Å². The van der Waals surface area contributed by atoms with Crippen molar-refractivity contribution in [3.63, 3.8) is 0 Å². The third-order valence-electron chi connectivity index (χ3n) is 22.8.